The Labute approximate surface area is 171 Å². The Morgan fingerprint density at radius 2 is 1.72 bits per heavy atom. The van der Waals surface area contributed by atoms with Crippen LogP contribution in [0, 0.1) is 18.6 Å². The minimum atomic E-state index is -1.18. The van der Waals surface area contributed by atoms with Gasteiger partial charge in [0.1, 0.15) is 6.04 Å². The molecule has 6 nitrogen and oxygen atoms in total. The van der Waals surface area contributed by atoms with Crippen molar-refractivity contribution in [3.8, 4) is 0 Å². The second-order valence-electron chi connectivity index (χ2n) is 6.20. The van der Waals surface area contributed by atoms with Crippen molar-refractivity contribution in [3.63, 3.8) is 0 Å². The molecule has 154 valence electrons. The van der Waals surface area contributed by atoms with Gasteiger partial charge in [0.05, 0.1) is 11.5 Å². The first kappa shape index (κ1) is 22.4. The van der Waals surface area contributed by atoms with Gasteiger partial charge in [-0.15, -0.1) is 11.8 Å². The summed E-state index contributed by atoms with van der Waals surface area (Å²) >= 11 is 1.07. The van der Waals surface area contributed by atoms with Gasteiger partial charge >= 0.3 is 0 Å². The van der Waals surface area contributed by atoms with Crippen molar-refractivity contribution in [2.75, 3.05) is 23.9 Å². The van der Waals surface area contributed by atoms with E-state index in [2.05, 4.69) is 16.0 Å². The molecular formula is C20H21F2N3O3S. The number of hydrogen-bond donors (Lipinski definition) is 3. The first-order chi connectivity index (χ1) is 13.8. The average Bonchev–Trinajstić information content (AvgIpc) is 2.67. The predicted octanol–water partition coefficient (Wildman–Crippen LogP) is 2.55. The van der Waals surface area contributed by atoms with Gasteiger partial charge in [0.15, 0.2) is 11.6 Å². The lowest BCUT2D eigenvalue weighted by molar-refractivity contribution is -0.127. The summed E-state index contributed by atoms with van der Waals surface area (Å²) in [6.45, 7) is 1.91. The highest BCUT2D eigenvalue weighted by molar-refractivity contribution is 8.00. The number of amides is 3. The van der Waals surface area contributed by atoms with Gasteiger partial charge in [0.2, 0.25) is 17.7 Å². The smallest absolute Gasteiger partial charge is 0.246 e. The summed E-state index contributed by atoms with van der Waals surface area (Å²) in [4.78, 5) is 36.2. The van der Waals surface area contributed by atoms with Crippen molar-refractivity contribution in [2.45, 2.75) is 13.0 Å². The minimum Gasteiger partial charge on any atom is -0.357 e. The summed E-state index contributed by atoms with van der Waals surface area (Å²) in [6, 6.07) is 9.11. The van der Waals surface area contributed by atoms with E-state index in [-0.39, 0.29) is 23.0 Å². The number of rotatable bonds is 8. The fourth-order valence-electron chi connectivity index (χ4n) is 2.50. The topological polar surface area (TPSA) is 87.3 Å². The number of thioether (sulfide) groups is 1. The maximum Gasteiger partial charge on any atom is 0.246 e. The van der Waals surface area contributed by atoms with E-state index in [0.29, 0.717) is 5.69 Å². The molecule has 29 heavy (non-hydrogen) atoms. The highest BCUT2D eigenvalue weighted by Crippen LogP contribution is 2.17. The molecule has 2 aromatic carbocycles. The molecule has 1 unspecified atom stereocenters. The summed E-state index contributed by atoms with van der Waals surface area (Å²) in [7, 11) is 1.37. The lowest BCUT2D eigenvalue weighted by atomic mass is 10.1. The monoisotopic (exact) mass is 421 g/mol. The average molecular weight is 421 g/mol. The zero-order chi connectivity index (χ0) is 21.4. The number of carbonyl (C=O) groups is 3. The van der Waals surface area contributed by atoms with Gasteiger partial charge in [0.25, 0.3) is 0 Å². The number of carbonyl (C=O) groups excluding carboxylic acids is 3. The van der Waals surface area contributed by atoms with Crippen molar-refractivity contribution >= 4 is 35.2 Å². The molecule has 2 aromatic rings. The number of aryl methyl sites for hydroxylation is 1. The first-order valence-electron chi connectivity index (χ1n) is 8.70. The summed E-state index contributed by atoms with van der Waals surface area (Å²) in [5.41, 5.74) is 1.78. The van der Waals surface area contributed by atoms with Crippen LogP contribution in [0.25, 0.3) is 0 Å². The van der Waals surface area contributed by atoms with E-state index in [0.717, 1.165) is 29.5 Å². The number of nitrogens with one attached hydrogen (secondary N) is 3. The summed E-state index contributed by atoms with van der Waals surface area (Å²) in [6.07, 6.45) is 0. The lowest BCUT2D eigenvalue weighted by Crippen LogP contribution is -2.40. The van der Waals surface area contributed by atoms with Crippen molar-refractivity contribution in [1.29, 1.82) is 0 Å². The largest absolute Gasteiger partial charge is 0.357 e. The molecular weight excluding hydrogens is 400 g/mol. The van der Waals surface area contributed by atoms with Gasteiger partial charge in [-0.2, -0.15) is 0 Å². The summed E-state index contributed by atoms with van der Waals surface area (Å²) < 4.78 is 26.6. The molecule has 0 saturated carbocycles. The highest BCUT2D eigenvalue weighted by atomic mass is 32.2. The van der Waals surface area contributed by atoms with Gasteiger partial charge in [0, 0.05) is 12.7 Å². The Hall–Kier alpha value is -2.94. The van der Waals surface area contributed by atoms with Crippen LogP contribution in [0.2, 0.25) is 0 Å². The molecule has 0 fully saturated rings. The number of benzene rings is 2. The molecule has 1 atom stereocenters. The Bertz CT molecular complexity index is 908. The van der Waals surface area contributed by atoms with E-state index in [1.165, 1.54) is 13.1 Å². The van der Waals surface area contributed by atoms with Gasteiger partial charge in [-0.3, -0.25) is 14.4 Å². The Morgan fingerprint density at radius 3 is 2.38 bits per heavy atom. The molecule has 0 radical (unpaired) electrons. The fraction of sp³-hybridized carbons (Fsp3) is 0.250. The molecule has 9 heteroatoms. The van der Waals surface area contributed by atoms with Gasteiger partial charge < -0.3 is 16.0 Å². The standard InChI is InChI=1S/C20H21F2N3O3S/c1-12-4-3-5-14(8-12)24-17(26)10-29-11-18(27)25-19(20(28)23-2)13-6-7-15(21)16(22)9-13/h3-9,19H,10-11H2,1-2H3,(H,23,28)(H,24,26)(H,25,27). The third-order valence-corrected chi connectivity index (χ3v) is 4.79. The van der Waals surface area contributed by atoms with E-state index in [1.807, 2.05) is 25.1 Å². The van der Waals surface area contributed by atoms with E-state index in [1.54, 1.807) is 6.07 Å². The summed E-state index contributed by atoms with van der Waals surface area (Å²) in [5.74, 6) is -3.57. The maximum atomic E-state index is 13.5. The molecule has 2 rings (SSSR count). The number of anilines is 1. The molecule has 0 aromatic heterocycles. The van der Waals surface area contributed by atoms with E-state index < -0.39 is 29.5 Å². The quantitative estimate of drug-likeness (QED) is 0.611. The number of hydrogen-bond acceptors (Lipinski definition) is 4. The third-order valence-electron chi connectivity index (χ3n) is 3.86. The molecule has 0 aliphatic rings. The molecule has 0 aliphatic heterocycles. The molecule has 0 saturated heterocycles. The Morgan fingerprint density at radius 1 is 1.00 bits per heavy atom. The van der Waals surface area contributed by atoms with Crippen molar-refractivity contribution in [3.05, 3.63) is 65.2 Å². The van der Waals surface area contributed by atoms with Crippen molar-refractivity contribution in [1.82, 2.24) is 10.6 Å². The SMILES string of the molecule is CNC(=O)C(NC(=O)CSCC(=O)Nc1cccc(C)c1)c1ccc(F)c(F)c1. The van der Waals surface area contributed by atoms with E-state index in [4.69, 9.17) is 0 Å². The second kappa shape index (κ2) is 10.6. The first-order valence-corrected chi connectivity index (χ1v) is 9.85. The Kier molecular flexibility index (Phi) is 8.14. The highest BCUT2D eigenvalue weighted by Gasteiger charge is 2.23. The fourth-order valence-corrected chi connectivity index (χ4v) is 3.12. The van der Waals surface area contributed by atoms with Crippen LogP contribution in [0.1, 0.15) is 17.2 Å². The Balaban J connectivity index is 1.88. The molecule has 0 spiro atoms. The van der Waals surface area contributed by atoms with Crippen molar-refractivity contribution in [2.24, 2.45) is 0 Å². The predicted molar refractivity (Wildman–Crippen MR) is 108 cm³/mol. The minimum absolute atomic E-state index is 0.0389. The molecule has 0 bridgehead atoms. The van der Waals surface area contributed by atoms with Crippen LogP contribution in [-0.4, -0.2) is 36.3 Å². The van der Waals surface area contributed by atoms with E-state index in [9.17, 15) is 23.2 Å². The molecule has 0 heterocycles. The van der Waals surface area contributed by atoms with Crippen LogP contribution >= 0.6 is 11.8 Å². The second-order valence-corrected chi connectivity index (χ2v) is 7.18. The van der Waals surface area contributed by atoms with Crippen LogP contribution in [0.5, 0.6) is 0 Å². The lowest BCUT2D eigenvalue weighted by Gasteiger charge is -2.18. The van der Waals surface area contributed by atoms with Gasteiger partial charge in [-0.1, -0.05) is 18.2 Å². The zero-order valence-electron chi connectivity index (χ0n) is 15.9. The van der Waals surface area contributed by atoms with Crippen LogP contribution < -0.4 is 16.0 Å². The van der Waals surface area contributed by atoms with Gasteiger partial charge in [-0.05, 0) is 42.3 Å². The molecule has 3 N–H and O–H groups in total. The maximum absolute atomic E-state index is 13.5. The zero-order valence-corrected chi connectivity index (χ0v) is 16.7. The van der Waals surface area contributed by atoms with Crippen molar-refractivity contribution < 1.29 is 23.2 Å². The van der Waals surface area contributed by atoms with Crippen LogP contribution in [0.4, 0.5) is 14.5 Å². The number of likely N-dealkylation sites (N-methyl/N-ethyl adjacent to an activating group) is 1. The van der Waals surface area contributed by atoms with E-state index >= 15 is 0 Å². The third kappa shape index (κ3) is 6.86. The molecule has 0 aliphatic carbocycles. The van der Waals surface area contributed by atoms with Crippen LogP contribution in [-0.2, 0) is 14.4 Å². The number of halogens is 2. The van der Waals surface area contributed by atoms with Crippen LogP contribution in [0.15, 0.2) is 42.5 Å². The normalized spacial score (nSPS) is 11.4. The molecule has 3 amide bonds. The summed E-state index contributed by atoms with van der Waals surface area (Å²) in [5, 5.41) is 7.57. The van der Waals surface area contributed by atoms with Gasteiger partial charge in [-0.25, -0.2) is 8.78 Å². The van der Waals surface area contributed by atoms with Crippen LogP contribution in [0.3, 0.4) is 0 Å².